The molecule has 0 radical (unpaired) electrons. The van der Waals surface area contributed by atoms with Crippen LogP contribution in [0.15, 0.2) is 60.7 Å². The van der Waals surface area contributed by atoms with Crippen molar-refractivity contribution in [2.75, 3.05) is 53.2 Å². The topological polar surface area (TPSA) is 78.1 Å². The van der Waals surface area contributed by atoms with Crippen LogP contribution in [0.3, 0.4) is 0 Å². The van der Waals surface area contributed by atoms with Crippen LogP contribution in [0.1, 0.15) is 27.0 Å². The van der Waals surface area contributed by atoms with Crippen molar-refractivity contribution in [1.29, 1.82) is 0 Å². The molecule has 208 valence electrons. The van der Waals surface area contributed by atoms with Crippen LogP contribution in [0.4, 0.5) is 11.4 Å². The Bertz CT molecular complexity index is 1400. The summed E-state index contributed by atoms with van der Waals surface area (Å²) in [5.41, 5.74) is 7.52. The van der Waals surface area contributed by atoms with Crippen molar-refractivity contribution in [2.45, 2.75) is 13.8 Å². The average molecular weight is 541 g/mol. The van der Waals surface area contributed by atoms with Crippen LogP contribution in [0, 0.1) is 13.8 Å². The number of benzene rings is 4. The van der Waals surface area contributed by atoms with Crippen LogP contribution in [-0.2, 0) is 0 Å². The zero-order chi connectivity index (χ0) is 29.0. The zero-order valence-corrected chi connectivity index (χ0v) is 24.3. The molecule has 2 N–H and O–H groups in total. The summed E-state index contributed by atoms with van der Waals surface area (Å²) in [5.74, 6) is 2.50. The Hall–Kier alpha value is -4.65. The number of rotatable bonds is 10. The van der Waals surface area contributed by atoms with E-state index in [4.69, 9.17) is 18.9 Å². The molecule has 0 aliphatic carbocycles. The van der Waals surface area contributed by atoms with Crippen LogP contribution in [0.2, 0.25) is 0 Å². The first kappa shape index (κ1) is 28.4. The fourth-order valence-corrected chi connectivity index (χ4v) is 5.20. The first-order valence-electron chi connectivity index (χ1n) is 13.0. The molecule has 4 aromatic rings. The number of para-hydroxylation sites is 2. The molecule has 0 unspecified atom stereocenters. The van der Waals surface area contributed by atoms with Gasteiger partial charge in [-0.1, -0.05) is 24.3 Å². The van der Waals surface area contributed by atoms with E-state index in [1.54, 1.807) is 42.5 Å². The van der Waals surface area contributed by atoms with E-state index in [9.17, 15) is 4.79 Å². The van der Waals surface area contributed by atoms with Gasteiger partial charge in [0.2, 0.25) is 0 Å². The minimum absolute atomic E-state index is 0.146. The maximum Gasteiger partial charge on any atom is 0.197 e. The summed E-state index contributed by atoms with van der Waals surface area (Å²) in [5, 5.41) is 6.53. The molecule has 0 atom stereocenters. The van der Waals surface area contributed by atoms with E-state index in [0.29, 0.717) is 45.5 Å². The van der Waals surface area contributed by atoms with E-state index in [0.717, 1.165) is 33.4 Å². The third-order valence-electron chi connectivity index (χ3n) is 6.96. The van der Waals surface area contributed by atoms with E-state index < -0.39 is 0 Å². The maximum atomic E-state index is 14.3. The quantitative estimate of drug-likeness (QED) is 0.210. The Morgan fingerprint density at radius 3 is 1.18 bits per heavy atom. The molecule has 4 aromatic carbocycles. The predicted molar refractivity (Wildman–Crippen MR) is 162 cm³/mol. The number of anilines is 2. The highest BCUT2D eigenvalue weighted by Gasteiger charge is 2.25. The lowest BCUT2D eigenvalue weighted by molar-refractivity contribution is 0.104. The van der Waals surface area contributed by atoms with Gasteiger partial charge in [-0.25, -0.2) is 0 Å². The lowest BCUT2D eigenvalue weighted by atomic mass is 9.90. The van der Waals surface area contributed by atoms with Gasteiger partial charge < -0.3 is 29.6 Å². The number of carbonyl (C=O) groups is 1. The van der Waals surface area contributed by atoms with Crippen molar-refractivity contribution in [1.82, 2.24) is 0 Å². The van der Waals surface area contributed by atoms with Gasteiger partial charge in [-0.15, -0.1) is 0 Å². The van der Waals surface area contributed by atoms with Crippen molar-refractivity contribution in [3.05, 3.63) is 82.9 Å². The summed E-state index contributed by atoms with van der Waals surface area (Å²) in [6.07, 6.45) is 0. The highest BCUT2D eigenvalue weighted by molar-refractivity contribution is 6.18. The lowest BCUT2D eigenvalue weighted by Crippen LogP contribution is -2.10. The van der Waals surface area contributed by atoms with Crippen LogP contribution in [0.5, 0.6) is 23.0 Å². The summed E-state index contributed by atoms with van der Waals surface area (Å²) in [6, 6.07) is 19.1. The first-order chi connectivity index (χ1) is 19.3. The Labute approximate surface area is 236 Å². The number of hydrogen-bond acceptors (Lipinski definition) is 7. The van der Waals surface area contributed by atoms with Gasteiger partial charge in [0, 0.05) is 36.3 Å². The van der Waals surface area contributed by atoms with Crippen molar-refractivity contribution >= 4 is 17.2 Å². The number of aryl methyl sites for hydroxylation is 2. The van der Waals surface area contributed by atoms with Gasteiger partial charge >= 0.3 is 0 Å². The van der Waals surface area contributed by atoms with Crippen molar-refractivity contribution in [3.63, 3.8) is 0 Å². The third-order valence-corrected chi connectivity index (χ3v) is 6.96. The number of ketones is 1. The van der Waals surface area contributed by atoms with Crippen LogP contribution in [0.25, 0.3) is 22.3 Å². The minimum Gasteiger partial charge on any atom is -0.496 e. The Kier molecular flexibility index (Phi) is 8.53. The smallest absolute Gasteiger partial charge is 0.197 e. The molecular formula is C33H36N2O5. The van der Waals surface area contributed by atoms with Gasteiger partial charge in [-0.05, 0) is 61.4 Å². The van der Waals surface area contributed by atoms with Crippen LogP contribution in [-0.4, -0.2) is 48.3 Å². The molecule has 0 aromatic heterocycles. The lowest BCUT2D eigenvalue weighted by Gasteiger charge is -2.21. The normalized spacial score (nSPS) is 10.6. The molecule has 0 fully saturated rings. The van der Waals surface area contributed by atoms with Crippen LogP contribution < -0.4 is 29.6 Å². The number of carbonyl (C=O) groups excluding carboxylic acids is 1. The summed E-state index contributed by atoms with van der Waals surface area (Å²) in [7, 11) is 10.1. The Morgan fingerprint density at radius 2 is 0.900 bits per heavy atom. The zero-order valence-electron chi connectivity index (χ0n) is 24.3. The molecule has 40 heavy (non-hydrogen) atoms. The van der Waals surface area contributed by atoms with E-state index in [1.807, 2.05) is 74.5 Å². The minimum atomic E-state index is -0.146. The monoisotopic (exact) mass is 540 g/mol. The van der Waals surface area contributed by atoms with Crippen molar-refractivity contribution in [2.24, 2.45) is 0 Å². The standard InChI is InChI=1S/C33H36N2O5/c1-19-15-25(37-5)29(26(16-19)38-6)21-11-9-13-23(31(21)34-3)33(36)24-14-10-12-22(32(24)35-4)30-27(39-7)17-20(2)18-28(30)40-8/h9-18,34-35H,1-8H3. The van der Waals surface area contributed by atoms with Crippen molar-refractivity contribution in [3.8, 4) is 45.3 Å². The van der Waals surface area contributed by atoms with E-state index in [1.165, 1.54) is 0 Å². The van der Waals surface area contributed by atoms with E-state index in [2.05, 4.69) is 10.6 Å². The molecule has 0 saturated heterocycles. The molecule has 7 nitrogen and oxygen atoms in total. The molecule has 0 heterocycles. The maximum absolute atomic E-state index is 14.3. The Balaban J connectivity index is 1.95. The summed E-state index contributed by atoms with van der Waals surface area (Å²) in [4.78, 5) is 14.3. The van der Waals surface area contributed by atoms with Gasteiger partial charge in [0.05, 0.1) is 50.9 Å². The van der Waals surface area contributed by atoms with Gasteiger partial charge in [0.1, 0.15) is 23.0 Å². The Morgan fingerprint density at radius 1 is 0.575 bits per heavy atom. The molecule has 4 rings (SSSR count). The largest absolute Gasteiger partial charge is 0.496 e. The molecule has 0 bridgehead atoms. The second-order valence-corrected chi connectivity index (χ2v) is 9.37. The highest BCUT2D eigenvalue weighted by Crippen LogP contribution is 2.46. The molecule has 0 amide bonds. The molecule has 0 saturated carbocycles. The SMILES string of the molecule is CNc1c(C(=O)c2cccc(-c3c(OC)cc(C)cc3OC)c2NC)cccc1-c1c(OC)cc(C)cc1OC. The van der Waals surface area contributed by atoms with Gasteiger partial charge in [-0.3, -0.25) is 4.79 Å². The summed E-state index contributed by atoms with van der Waals surface area (Å²) < 4.78 is 22.9. The fraction of sp³-hybridized carbons (Fsp3) is 0.242. The number of nitrogens with one attached hydrogen (secondary N) is 2. The molecule has 0 aliphatic heterocycles. The molecule has 0 spiro atoms. The van der Waals surface area contributed by atoms with Gasteiger partial charge in [-0.2, -0.15) is 0 Å². The number of ether oxygens (including phenoxy) is 4. The van der Waals surface area contributed by atoms with Crippen molar-refractivity contribution < 1.29 is 23.7 Å². The molecule has 7 heteroatoms. The third kappa shape index (κ3) is 5.02. The van der Waals surface area contributed by atoms with E-state index in [-0.39, 0.29) is 5.78 Å². The fourth-order valence-electron chi connectivity index (χ4n) is 5.20. The second kappa shape index (κ2) is 12.0. The second-order valence-electron chi connectivity index (χ2n) is 9.37. The first-order valence-corrected chi connectivity index (χ1v) is 13.0. The summed E-state index contributed by atoms with van der Waals surface area (Å²) in [6.45, 7) is 3.97. The van der Waals surface area contributed by atoms with Gasteiger partial charge in [0.15, 0.2) is 5.78 Å². The number of methoxy groups -OCH3 is 4. The summed E-state index contributed by atoms with van der Waals surface area (Å²) >= 11 is 0. The number of hydrogen-bond donors (Lipinski definition) is 2. The predicted octanol–water partition coefficient (Wildman–Crippen LogP) is 6.99. The molecule has 0 aliphatic rings. The van der Waals surface area contributed by atoms with E-state index >= 15 is 0 Å². The van der Waals surface area contributed by atoms with Crippen LogP contribution >= 0.6 is 0 Å². The average Bonchev–Trinajstić information content (AvgIpc) is 2.98. The molecular weight excluding hydrogens is 504 g/mol. The highest BCUT2D eigenvalue weighted by atomic mass is 16.5. The van der Waals surface area contributed by atoms with Gasteiger partial charge in [0.25, 0.3) is 0 Å².